The quantitative estimate of drug-likeness (QED) is 0.359. The molecule has 132 valence electrons. The predicted molar refractivity (Wildman–Crippen MR) is 90.3 cm³/mol. The van der Waals surface area contributed by atoms with Crippen LogP contribution in [0.25, 0.3) is 0 Å². The molecule has 1 aliphatic rings. The van der Waals surface area contributed by atoms with Gasteiger partial charge in [0.2, 0.25) is 0 Å². The molecule has 0 atom stereocenters. The fourth-order valence-electron chi connectivity index (χ4n) is 2.24. The van der Waals surface area contributed by atoms with Crippen molar-refractivity contribution < 1.29 is 29.4 Å². The number of hydrogen-bond donors (Lipinski definition) is 2. The Hall–Kier alpha value is -2.80. The van der Waals surface area contributed by atoms with Crippen molar-refractivity contribution in [3.8, 4) is 11.5 Å². The molecule has 0 radical (unpaired) electrons. The van der Waals surface area contributed by atoms with Crippen LogP contribution in [0.3, 0.4) is 0 Å². The third-order valence-electron chi connectivity index (χ3n) is 3.54. The Kier molecular flexibility index (Phi) is 5.82. The SMILES string of the molecule is COC(=O)CCc1cc(C)c(OC2=CC(=O)C=C/C2=N\O)c(Cl)c1O. The minimum atomic E-state index is -0.407. The van der Waals surface area contributed by atoms with E-state index in [0.717, 1.165) is 6.08 Å². The van der Waals surface area contributed by atoms with Gasteiger partial charge in [-0.15, -0.1) is 0 Å². The largest absolute Gasteiger partial charge is 0.506 e. The maximum atomic E-state index is 11.5. The average Bonchev–Trinajstić information content (AvgIpc) is 2.60. The van der Waals surface area contributed by atoms with Gasteiger partial charge in [0.25, 0.3) is 0 Å². The molecule has 0 aromatic heterocycles. The average molecular weight is 366 g/mol. The summed E-state index contributed by atoms with van der Waals surface area (Å²) < 4.78 is 10.2. The lowest BCUT2D eigenvalue weighted by atomic mass is 10.0. The van der Waals surface area contributed by atoms with Crippen molar-refractivity contribution in [2.24, 2.45) is 5.16 Å². The van der Waals surface area contributed by atoms with Gasteiger partial charge in [-0.3, -0.25) is 9.59 Å². The minimum absolute atomic E-state index is 0.00158. The Morgan fingerprint density at radius 1 is 1.36 bits per heavy atom. The molecular weight excluding hydrogens is 350 g/mol. The van der Waals surface area contributed by atoms with Crippen LogP contribution in [0.2, 0.25) is 5.02 Å². The van der Waals surface area contributed by atoms with Gasteiger partial charge in [-0.2, -0.15) is 0 Å². The highest BCUT2D eigenvalue weighted by molar-refractivity contribution is 6.33. The van der Waals surface area contributed by atoms with Gasteiger partial charge < -0.3 is 19.8 Å². The van der Waals surface area contributed by atoms with E-state index >= 15 is 0 Å². The molecule has 0 fully saturated rings. The second-order valence-electron chi connectivity index (χ2n) is 5.25. The zero-order valence-electron chi connectivity index (χ0n) is 13.6. The van der Waals surface area contributed by atoms with Crippen molar-refractivity contribution in [2.45, 2.75) is 19.8 Å². The first-order chi connectivity index (χ1) is 11.9. The summed E-state index contributed by atoms with van der Waals surface area (Å²) in [5.74, 6) is -0.852. The van der Waals surface area contributed by atoms with Gasteiger partial charge in [0, 0.05) is 12.5 Å². The number of aromatic hydroxyl groups is 1. The number of phenolic OH excluding ortho intramolecular Hbond substituents is 1. The topological polar surface area (TPSA) is 105 Å². The lowest BCUT2D eigenvalue weighted by molar-refractivity contribution is -0.140. The van der Waals surface area contributed by atoms with Crippen LogP contribution in [0.1, 0.15) is 17.5 Å². The second-order valence-corrected chi connectivity index (χ2v) is 5.63. The smallest absolute Gasteiger partial charge is 0.305 e. The van der Waals surface area contributed by atoms with Crippen LogP contribution in [-0.4, -0.2) is 34.9 Å². The number of ether oxygens (including phenoxy) is 2. The summed E-state index contributed by atoms with van der Waals surface area (Å²) in [6.07, 6.45) is 4.00. The maximum Gasteiger partial charge on any atom is 0.305 e. The van der Waals surface area contributed by atoms with E-state index in [1.54, 1.807) is 13.0 Å². The second kappa shape index (κ2) is 7.85. The fraction of sp³-hybridized carbons (Fsp3) is 0.235. The molecule has 2 N–H and O–H groups in total. The van der Waals surface area contributed by atoms with E-state index in [4.69, 9.17) is 21.5 Å². The van der Waals surface area contributed by atoms with Crippen LogP contribution in [-0.2, 0) is 20.7 Å². The first kappa shape index (κ1) is 18.5. The highest BCUT2D eigenvalue weighted by Crippen LogP contribution is 2.40. The number of aryl methyl sites for hydroxylation is 2. The first-order valence-corrected chi connectivity index (χ1v) is 7.67. The molecule has 0 spiro atoms. The van der Waals surface area contributed by atoms with E-state index in [1.165, 1.54) is 19.3 Å². The van der Waals surface area contributed by atoms with Gasteiger partial charge in [0.1, 0.15) is 16.5 Å². The lowest BCUT2D eigenvalue weighted by Gasteiger charge is -2.17. The van der Waals surface area contributed by atoms with Crippen LogP contribution < -0.4 is 4.74 Å². The first-order valence-electron chi connectivity index (χ1n) is 7.29. The summed E-state index contributed by atoms with van der Waals surface area (Å²) in [6, 6.07) is 1.62. The summed E-state index contributed by atoms with van der Waals surface area (Å²) in [5.41, 5.74) is 1.08. The third-order valence-corrected chi connectivity index (χ3v) is 3.89. The molecule has 0 saturated heterocycles. The number of benzene rings is 1. The number of ketones is 1. The van der Waals surface area contributed by atoms with Gasteiger partial charge in [-0.1, -0.05) is 16.8 Å². The van der Waals surface area contributed by atoms with Crippen LogP contribution in [0.4, 0.5) is 0 Å². The van der Waals surface area contributed by atoms with E-state index in [1.807, 2.05) is 0 Å². The van der Waals surface area contributed by atoms with Crippen molar-refractivity contribution in [1.29, 1.82) is 0 Å². The summed E-state index contributed by atoms with van der Waals surface area (Å²) in [5, 5.41) is 22.2. The van der Waals surface area contributed by atoms with E-state index in [-0.39, 0.29) is 46.6 Å². The molecule has 0 heterocycles. The predicted octanol–water partition coefficient (Wildman–Crippen LogP) is 2.69. The molecule has 2 rings (SSSR count). The summed E-state index contributed by atoms with van der Waals surface area (Å²) in [4.78, 5) is 22.7. The number of oxime groups is 1. The number of allylic oxidation sites excluding steroid dienone is 3. The van der Waals surface area contributed by atoms with E-state index in [0.29, 0.717) is 11.1 Å². The van der Waals surface area contributed by atoms with Crippen molar-refractivity contribution >= 4 is 29.1 Å². The highest BCUT2D eigenvalue weighted by atomic mass is 35.5. The molecule has 7 nitrogen and oxygen atoms in total. The monoisotopic (exact) mass is 365 g/mol. The number of halogens is 1. The highest BCUT2D eigenvalue weighted by Gasteiger charge is 2.21. The summed E-state index contributed by atoms with van der Waals surface area (Å²) in [6.45, 7) is 1.69. The maximum absolute atomic E-state index is 11.5. The van der Waals surface area contributed by atoms with Crippen molar-refractivity contribution in [3.63, 3.8) is 0 Å². The zero-order chi connectivity index (χ0) is 18.6. The minimum Gasteiger partial charge on any atom is -0.506 e. The molecule has 8 heteroatoms. The van der Waals surface area contributed by atoms with E-state index < -0.39 is 5.97 Å². The molecule has 25 heavy (non-hydrogen) atoms. The van der Waals surface area contributed by atoms with Crippen LogP contribution in [0.15, 0.2) is 35.2 Å². The number of hydrogen-bond acceptors (Lipinski definition) is 7. The Morgan fingerprint density at radius 3 is 2.72 bits per heavy atom. The van der Waals surface area contributed by atoms with E-state index in [9.17, 15) is 14.7 Å². The number of rotatable bonds is 5. The van der Waals surface area contributed by atoms with Crippen molar-refractivity contribution in [2.75, 3.05) is 7.11 Å². The molecule has 1 aliphatic carbocycles. The zero-order valence-corrected chi connectivity index (χ0v) is 14.3. The molecule has 0 saturated carbocycles. The van der Waals surface area contributed by atoms with Gasteiger partial charge in [0.05, 0.1) is 7.11 Å². The van der Waals surface area contributed by atoms with E-state index in [2.05, 4.69) is 9.89 Å². The van der Waals surface area contributed by atoms with Crippen LogP contribution in [0, 0.1) is 6.92 Å². The number of nitrogens with zero attached hydrogens (tertiary/aromatic N) is 1. The Morgan fingerprint density at radius 2 is 2.08 bits per heavy atom. The van der Waals surface area contributed by atoms with Gasteiger partial charge in [0.15, 0.2) is 17.3 Å². The number of carbonyl (C=O) groups excluding carboxylic acids is 2. The fourth-order valence-corrected chi connectivity index (χ4v) is 2.55. The Bertz CT molecular complexity index is 810. The van der Waals surface area contributed by atoms with Crippen molar-refractivity contribution in [3.05, 3.63) is 46.2 Å². The molecule has 0 aliphatic heterocycles. The lowest BCUT2D eigenvalue weighted by Crippen LogP contribution is -2.14. The van der Waals surface area contributed by atoms with Gasteiger partial charge in [-0.25, -0.2) is 0 Å². The van der Waals surface area contributed by atoms with Crippen LogP contribution >= 0.6 is 11.6 Å². The number of carbonyl (C=O) groups is 2. The normalized spacial score (nSPS) is 15.2. The summed E-state index contributed by atoms with van der Waals surface area (Å²) >= 11 is 6.18. The molecule has 0 unspecified atom stereocenters. The molecule has 0 amide bonds. The van der Waals surface area contributed by atoms with Crippen LogP contribution in [0.5, 0.6) is 11.5 Å². The molecule has 1 aromatic rings. The van der Waals surface area contributed by atoms with Gasteiger partial charge in [-0.05, 0) is 42.7 Å². The molecular formula is C17H16ClNO6. The Balaban J connectivity index is 2.32. The molecule has 0 bridgehead atoms. The number of esters is 1. The van der Waals surface area contributed by atoms with Gasteiger partial charge >= 0.3 is 5.97 Å². The number of phenols is 1. The third kappa shape index (κ3) is 4.19. The molecule has 1 aromatic carbocycles. The number of methoxy groups -OCH3 is 1. The summed E-state index contributed by atoms with van der Waals surface area (Å²) in [7, 11) is 1.28. The standard InChI is InChI=1S/C17H16ClNO6/c1-9-7-10(3-6-14(21)24-2)16(22)15(18)17(9)25-13-8-11(20)4-5-12(13)19-23/h4-5,7-8,22-23H,3,6H2,1-2H3/b19-12+. The van der Waals surface area contributed by atoms with Crippen molar-refractivity contribution in [1.82, 2.24) is 0 Å². The Labute approximate surface area is 148 Å².